The molecule has 5 rings (SSSR count). The smallest absolute Gasteiger partial charge is 0.163 e. The molecule has 0 aliphatic carbocycles. The van der Waals surface area contributed by atoms with Gasteiger partial charge in [-0.05, 0) is 24.3 Å². The lowest BCUT2D eigenvalue weighted by molar-refractivity contribution is 0.0142. The van der Waals surface area contributed by atoms with Crippen molar-refractivity contribution in [3.05, 3.63) is 48.3 Å². The lowest BCUT2D eigenvalue weighted by atomic mass is 10.1. The topological polar surface area (TPSA) is 74.7 Å². The first-order valence-corrected chi connectivity index (χ1v) is 11.4. The molecule has 0 unspecified atom stereocenters. The van der Waals surface area contributed by atoms with Gasteiger partial charge in [-0.15, -0.1) is 6.42 Å². The Morgan fingerprint density at radius 1 is 0.879 bits per heavy atom. The Bertz CT molecular complexity index is 1150. The van der Waals surface area contributed by atoms with Gasteiger partial charge in [-0.2, -0.15) is 0 Å². The molecule has 1 N–H and O–H groups in total. The molecule has 1 aromatic heterocycles. The Hall–Kier alpha value is -3.34. The predicted molar refractivity (Wildman–Crippen MR) is 126 cm³/mol. The Kier molecular flexibility index (Phi) is 6.56. The molecule has 7 heteroatoms. The highest BCUT2D eigenvalue weighted by Crippen LogP contribution is 2.37. The van der Waals surface area contributed by atoms with Crippen molar-refractivity contribution in [3.8, 4) is 23.8 Å². The van der Waals surface area contributed by atoms with Crippen LogP contribution in [0.4, 0.5) is 11.5 Å². The van der Waals surface area contributed by atoms with E-state index in [-0.39, 0.29) is 12.2 Å². The van der Waals surface area contributed by atoms with Gasteiger partial charge in [0.15, 0.2) is 11.5 Å². The molecule has 2 saturated heterocycles. The van der Waals surface area contributed by atoms with E-state index in [0.717, 1.165) is 47.8 Å². The molecule has 0 amide bonds. The minimum atomic E-state index is 0.0848. The van der Waals surface area contributed by atoms with Crippen LogP contribution in [-0.4, -0.2) is 48.6 Å². The highest BCUT2D eigenvalue weighted by molar-refractivity contribution is 5.93. The lowest BCUT2D eigenvalue weighted by Crippen LogP contribution is -2.28. The number of nitrogens with one attached hydrogen (secondary N) is 1. The summed E-state index contributed by atoms with van der Waals surface area (Å²) in [4.78, 5) is 8.98. The summed E-state index contributed by atoms with van der Waals surface area (Å²) in [6.07, 6.45) is 10.7. The number of fused-ring (bicyclic) bond motifs is 1. The maximum absolute atomic E-state index is 6.43. The average Bonchev–Trinajstić information content (AvgIpc) is 2.86. The largest absolute Gasteiger partial charge is 0.486 e. The van der Waals surface area contributed by atoms with Crippen molar-refractivity contribution < 1.29 is 18.9 Å². The van der Waals surface area contributed by atoms with Crippen LogP contribution in [0, 0.1) is 12.3 Å². The van der Waals surface area contributed by atoms with E-state index < -0.39 is 0 Å². The number of aromatic nitrogens is 2. The molecule has 0 spiro atoms. The zero-order valence-electron chi connectivity index (χ0n) is 18.5. The Balaban J connectivity index is 1.50. The van der Waals surface area contributed by atoms with Crippen LogP contribution in [0.15, 0.2) is 42.7 Å². The third-order valence-corrected chi connectivity index (χ3v) is 5.92. The van der Waals surface area contributed by atoms with Gasteiger partial charge in [0.2, 0.25) is 0 Å². The fraction of sp³-hybridized carbons (Fsp3) is 0.385. The van der Waals surface area contributed by atoms with E-state index in [1.54, 1.807) is 6.33 Å². The third-order valence-electron chi connectivity index (χ3n) is 5.92. The quantitative estimate of drug-likeness (QED) is 0.561. The molecule has 170 valence electrons. The van der Waals surface area contributed by atoms with Crippen LogP contribution >= 0.6 is 0 Å². The number of benzene rings is 2. The van der Waals surface area contributed by atoms with Crippen molar-refractivity contribution in [1.29, 1.82) is 0 Å². The van der Waals surface area contributed by atoms with Gasteiger partial charge in [-0.1, -0.05) is 12.0 Å². The van der Waals surface area contributed by atoms with Crippen LogP contribution in [0.5, 0.6) is 11.5 Å². The van der Waals surface area contributed by atoms with Gasteiger partial charge in [0.1, 0.15) is 24.4 Å². The summed E-state index contributed by atoms with van der Waals surface area (Å²) in [5.41, 5.74) is 2.44. The molecule has 2 aromatic carbocycles. The summed E-state index contributed by atoms with van der Waals surface area (Å²) in [6.45, 7) is 2.83. The van der Waals surface area contributed by atoms with E-state index in [4.69, 9.17) is 25.4 Å². The molecular formula is C26H27N3O4. The van der Waals surface area contributed by atoms with Gasteiger partial charge in [0.05, 0.1) is 31.9 Å². The van der Waals surface area contributed by atoms with Crippen molar-refractivity contribution in [1.82, 2.24) is 9.97 Å². The molecule has 33 heavy (non-hydrogen) atoms. The molecule has 7 nitrogen and oxygen atoms in total. The fourth-order valence-corrected chi connectivity index (χ4v) is 4.12. The van der Waals surface area contributed by atoms with Crippen molar-refractivity contribution in [3.63, 3.8) is 0 Å². The Labute approximate surface area is 193 Å². The molecule has 3 aromatic rings. The predicted octanol–water partition coefficient (Wildman–Crippen LogP) is 4.47. The minimum absolute atomic E-state index is 0.0848. The molecule has 3 heterocycles. The van der Waals surface area contributed by atoms with Gasteiger partial charge >= 0.3 is 0 Å². The van der Waals surface area contributed by atoms with E-state index >= 15 is 0 Å². The van der Waals surface area contributed by atoms with Gasteiger partial charge < -0.3 is 24.3 Å². The van der Waals surface area contributed by atoms with Gasteiger partial charge in [-0.25, -0.2) is 9.97 Å². The first-order chi connectivity index (χ1) is 16.3. The highest BCUT2D eigenvalue weighted by atomic mass is 16.5. The van der Waals surface area contributed by atoms with E-state index in [1.165, 1.54) is 0 Å². The maximum atomic E-state index is 6.43. The number of hydrogen-bond donors (Lipinski definition) is 1. The molecule has 0 saturated carbocycles. The average molecular weight is 446 g/mol. The van der Waals surface area contributed by atoms with E-state index in [9.17, 15) is 0 Å². The zero-order chi connectivity index (χ0) is 22.5. The molecule has 2 aliphatic heterocycles. The van der Waals surface area contributed by atoms with E-state index in [1.807, 2.05) is 36.4 Å². The highest BCUT2D eigenvalue weighted by Gasteiger charge is 2.22. The maximum Gasteiger partial charge on any atom is 0.163 e. The molecule has 2 aliphatic rings. The van der Waals surface area contributed by atoms with Crippen molar-refractivity contribution >= 4 is 22.4 Å². The molecular weight excluding hydrogens is 418 g/mol. The number of ether oxygens (including phenoxy) is 4. The second-order valence-electron chi connectivity index (χ2n) is 8.25. The summed E-state index contributed by atoms with van der Waals surface area (Å²) in [5.74, 6) is 4.76. The zero-order valence-corrected chi connectivity index (χ0v) is 18.5. The Morgan fingerprint density at radius 3 is 2.21 bits per heavy atom. The first-order valence-electron chi connectivity index (χ1n) is 11.4. The molecule has 2 fully saturated rings. The van der Waals surface area contributed by atoms with Crippen LogP contribution in [0.25, 0.3) is 10.9 Å². The number of nitrogens with zero attached hydrogens (tertiary/aromatic N) is 2. The van der Waals surface area contributed by atoms with E-state index in [0.29, 0.717) is 43.7 Å². The number of anilines is 2. The molecule has 0 atom stereocenters. The van der Waals surface area contributed by atoms with Crippen LogP contribution in [-0.2, 0) is 9.47 Å². The number of hydrogen-bond acceptors (Lipinski definition) is 7. The van der Waals surface area contributed by atoms with Crippen LogP contribution in [0.3, 0.4) is 0 Å². The van der Waals surface area contributed by atoms with Crippen LogP contribution in [0.2, 0.25) is 0 Å². The Morgan fingerprint density at radius 2 is 1.55 bits per heavy atom. The second kappa shape index (κ2) is 10.1. The second-order valence-corrected chi connectivity index (χ2v) is 8.25. The lowest BCUT2D eigenvalue weighted by Gasteiger charge is -2.27. The normalized spacial score (nSPS) is 17.4. The summed E-state index contributed by atoms with van der Waals surface area (Å²) in [7, 11) is 0. The summed E-state index contributed by atoms with van der Waals surface area (Å²) in [6, 6.07) is 11.6. The molecule has 0 bridgehead atoms. The SMILES string of the molecule is C#Cc1cccc(Nc2ncnc3cc(OC4CCOCC4)c(OC4CCOCC4)cc23)c1. The number of rotatable bonds is 6. The van der Waals surface area contributed by atoms with E-state index in [2.05, 4.69) is 21.2 Å². The summed E-state index contributed by atoms with van der Waals surface area (Å²) < 4.78 is 23.8. The summed E-state index contributed by atoms with van der Waals surface area (Å²) in [5, 5.41) is 4.23. The standard InChI is InChI=1S/C26H27N3O4/c1-2-18-4-3-5-19(14-18)29-26-22-15-24(32-20-6-10-30-11-7-20)25(16-23(22)27-17-28-26)33-21-8-12-31-13-9-21/h1,3-5,14-17,20-21H,6-13H2,(H,27,28,29). The van der Waals surface area contributed by atoms with Gasteiger partial charge in [-0.3, -0.25) is 0 Å². The fourth-order valence-electron chi connectivity index (χ4n) is 4.12. The van der Waals surface area contributed by atoms with Crippen molar-refractivity contribution in [2.75, 3.05) is 31.7 Å². The van der Waals surface area contributed by atoms with Crippen LogP contribution in [0.1, 0.15) is 31.2 Å². The van der Waals surface area contributed by atoms with Gasteiger partial charge in [0.25, 0.3) is 0 Å². The van der Waals surface area contributed by atoms with Crippen molar-refractivity contribution in [2.24, 2.45) is 0 Å². The minimum Gasteiger partial charge on any atom is -0.486 e. The first kappa shape index (κ1) is 21.5. The number of terminal acetylenes is 1. The monoisotopic (exact) mass is 445 g/mol. The van der Waals surface area contributed by atoms with Gasteiger partial charge in [0, 0.05) is 48.4 Å². The third kappa shape index (κ3) is 5.19. The van der Waals surface area contributed by atoms with Crippen molar-refractivity contribution in [2.45, 2.75) is 37.9 Å². The van der Waals surface area contributed by atoms with Crippen LogP contribution < -0.4 is 14.8 Å². The summed E-state index contributed by atoms with van der Waals surface area (Å²) >= 11 is 0. The molecule has 0 radical (unpaired) electrons.